The van der Waals surface area contributed by atoms with Crippen molar-refractivity contribution >= 4 is 43.6 Å². The van der Waals surface area contributed by atoms with E-state index in [0.717, 1.165) is 38.6 Å². The van der Waals surface area contributed by atoms with Crippen LogP contribution in [-0.2, 0) is 6.18 Å². The normalized spacial score (nSPS) is 11.8. The fraction of sp³-hybridized carbons (Fsp3) is 0.0139. The van der Waals surface area contributed by atoms with Gasteiger partial charge in [0.15, 0.2) is 34.9 Å². The Bertz CT molecular complexity index is 4610. The second-order valence-corrected chi connectivity index (χ2v) is 20.4. The molecule has 0 atom stereocenters. The zero-order valence-corrected chi connectivity index (χ0v) is 44.6. The zero-order valence-electron chi connectivity index (χ0n) is 44.6. The molecule has 15 aromatic rings. The van der Waals surface area contributed by atoms with Crippen LogP contribution in [0.1, 0.15) is 5.56 Å². The molecule has 0 amide bonds. The third-order valence-electron chi connectivity index (χ3n) is 15.2. The Labute approximate surface area is 479 Å². The fourth-order valence-corrected chi connectivity index (χ4v) is 11.4. The van der Waals surface area contributed by atoms with Gasteiger partial charge in [-0.1, -0.05) is 194 Å². The van der Waals surface area contributed by atoms with E-state index >= 15 is 13.2 Å². The molecule has 0 aliphatic carbocycles. The van der Waals surface area contributed by atoms with E-state index < -0.39 is 11.7 Å². The van der Waals surface area contributed by atoms with E-state index in [1.165, 1.54) is 0 Å². The Morgan fingerprint density at radius 1 is 0.238 bits per heavy atom. The molecule has 0 saturated heterocycles. The molecule has 15 rings (SSSR count). The van der Waals surface area contributed by atoms with E-state index in [1.807, 2.05) is 255 Å². The monoisotopic (exact) mass is 1090 g/mol. The van der Waals surface area contributed by atoms with Gasteiger partial charge in [-0.25, -0.2) is 34.9 Å². The predicted molar refractivity (Wildman–Crippen MR) is 328 cm³/mol. The summed E-state index contributed by atoms with van der Waals surface area (Å²) in [6, 6.07) is 84.2. The summed E-state index contributed by atoms with van der Waals surface area (Å²) in [5.74, 6) is 2.81. The standard InChI is InChI=1S/C72H44F3N9/c73-72(74,75)65-63(83-59-35-18-16-31-53(59)55-41-50(37-39-61(55)83)70-79-66(46-23-8-2-9-24-46)77-67(80-70)47-25-10-3-11-26-47)43-52(58-34-20-33-57(76-58)45-21-6-1-7-22-45)44-64(65)84-60-36-19-17-32-54(60)56-42-51(38-40-62(56)84)71-81-68(48-27-12-4-13-28-48)78-69(82-71)49-29-14-5-15-30-49/h1-44H. The van der Waals surface area contributed by atoms with E-state index in [-0.39, 0.29) is 11.4 Å². The molecule has 5 heterocycles. The van der Waals surface area contributed by atoms with Crippen molar-refractivity contribution in [3.05, 3.63) is 272 Å². The van der Waals surface area contributed by atoms with Gasteiger partial charge in [0.2, 0.25) is 0 Å². The quantitative estimate of drug-likeness (QED) is 0.134. The lowest BCUT2D eigenvalue weighted by molar-refractivity contribution is -0.137. The number of fused-ring (bicyclic) bond motifs is 6. The molecule has 5 aromatic heterocycles. The summed E-state index contributed by atoms with van der Waals surface area (Å²) in [6.07, 6.45) is -4.91. The van der Waals surface area contributed by atoms with Crippen LogP contribution in [0.25, 0.3) is 146 Å². The van der Waals surface area contributed by atoms with Crippen molar-refractivity contribution in [1.82, 2.24) is 44.0 Å². The summed E-state index contributed by atoms with van der Waals surface area (Å²) in [4.78, 5) is 35.1. The van der Waals surface area contributed by atoms with E-state index in [4.69, 9.17) is 34.9 Å². The minimum atomic E-state index is -4.91. The highest BCUT2D eigenvalue weighted by atomic mass is 19.4. The van der Waals surface area contributed by atoms with Crippen molar-refractivity contribution in [3.63, 3.8) is 0 Å². The first-order chi connectivity index (χ1) is 41.3. The number of nitrogens with zero attached hydrogens (tertiary/aromatic N) is 9. The van der Waals surface area contributed by atoms with Crippen LogP contribution in [0.3, 0.4) is 0 Å². The number of hydrogen-bond donors (Lipinski definition) is 0. The molecule has 84 heavy (non-hydrogen) atoms. The number of benzene rings is 10. The maximum absolute atomic E-state index is 17.1. The van der Waals surface area contributed by atoms with E-state index in [0.29, 0.717) is 95.9 Å². The molecule has 0 aliphatic rings. The highest BCUT2D eigenvalue weighted by Crippen LogP contribution is 2.47. The molecular formula is C72H44F3N9. The maximum Gasteiger partial charge on any atom is 0.420 e. The van der Waals surface area contributed by atoms with Gasteiger partial charge in [-0.2, -0.15) is 13.2 Å². The predicted octanol–water partition coefficient (Wildman–Crippen LogP) is 18.0. The highest BCUT2D eigenvalue weighted by Gasteiger charge is 2.40. The number of aromatic nitrogens is 9. The van der Waals surface area contributed by atoms with Gasteiger partial charge < -0.3 is 9.13 Å². The van der Waals surface area contributed by atoms with Gasteiger partial charge in [0.25, 0.3) is 0 Å². The SMILES string of the molecule is FC(F)(F)c1c(-n2c3ccccc3c3cc(-c4nc(-c5ccccc5)nc(-c5ccccc5)n4)ccc32)cc(-c2cccc(-c3ccccc3)n2)cc1-n1c2ccccc2c2cc(-c3nc(-c4ccccc4)nc(-c4ccccc4)n3)ccc21. The molecule has 0 fully saturated rings. The van der Waals surface area contributed by atoms with Crippen LogP contribution < -0.4 is 0 Å². The topological polar surface area (TPSA) is 100 Å². The summed E-state index contributed by atoms with van der Waals surface area (Å²) in [5, 5.41) is 2.91. The lowest BCUT2D eigenvalue weighted by Gasteiger charge is -2.23. The van der Waals surface area contributed by atoms with Crippen LogP contribution in [0.15, 0.2) is 267 Å². The molecule has 9 nitrogen and oxygen atoms in total. The molecule has 10 aromatic carbocycles. The first-order valence-electron chi connectivity index (χ1n) is 27.4. The van der Waals surface area contributed by atoms with E-state index in [9.17, 15) is 0 Å². The van der Waals surface area contributed by atoms with Crippen molar-refractivity contribution in [3.8, 4) is 102 Å². The number of para-hydroxylation sites is 2. The van der Waals surface area contributed by atoms with Crippen molar-refractivity contribution in [1.29, 1.82) is 0 Å². The van der Waals surface area contributed by atoms with Crippen molar-refractivity contribution in [2.75, 3.05) is 0 Å². The number of halogens is 3. The smallest absolute Gasteiger partial charge is 0.309 e. The molecule has 0 bridgehead atoms. The van der Waals surface area contributed by atoms with E-state index in [2.05, 4.69) is 0 Å². The van der Waals surface area contributed by atoms with Gasteiger partial charge in [-0.05, 0) is 72.8 Å². The van der Waals surface area contributed by atoms with Gasteiger partial charge in [-0.15, -0.1) is 0 Å². The van der Waals surface area contributed by atoms with Crippen LogP contribution in [-0.4, -0.2) is 44.0 Å². The first-order valence-corrected chi connectivity index (χ1v) is 27.4. The Morgan fingerprint density at radius 2 is 0.548 bits per heavy atom. The molecule has 12 heteroatoms. The summed E-state index contributed by atoms with van der Waals surface area (Å²) < 4.78 is 54.8. The molecule has 398 valence electrons. The molecule has 0 saturated carbocycles. The largest absolute Gasteiger partial charge is 0.420 e. The average Bonchev–Trinajstić information content (AvgIpc) is 2.26. The fourth-order valence-electron chi connectivity index (χ4n) is 11.4. The third kappa shape index (κ3) is 8.89. The number of rotatable bonds is 10. The summed E-state index contributed by atoms with van der Waals surface area (Å²) in [7, 11) is 0. The van der Waals surface area contributed by atoms with Gasteiger partial charge >= 0.3 is 6.18 Å². The van der Waals surface area contributed by atoms with Gasteiger partial charge in [0.1, 0.15) is 5.56 Å². The second-order valence-electron chi connectivity index (χ2n) is 20.4. The molecule has 0 N–H and O–H groups in total. The lowest BCUT2D eigenvalue weighted by Crippen LogP contribution is -2.16. The number of hydrogen-bond acceptors (Lipinski definition) is 7. The maximum atomic E-state index is 17.1. The van der Waals surface area contributed by atoms with Crippen LogP contribution in [0, 0.1) is 0 Å². The van der Waals surface area contributed by atoms with E-state index in [1.54, 1.807) is 21.3 Å². The number of alkyl halides is 3. The minimum absolute atomic E-state index is 0.0756. The van der Waals surface area contributed by atoms with Crippen molar-refractivity contribution < 1.29 is 13.2 Å². The van der Waals surface area contributed by atoms with Gasteiger partial charge in [-0.3, -0.25) is 0 Å². The van der Waals surface area contributed by atoms with Crippen LogP contribution in [0.2, 0.25) is 0 Å². The zero-order chi connectivity index (χ0) is 56.3. The summed E-state index contributed by atoms with van der Waals surface area (Å²) >= 11 is 0. The van der Waals surface area contributed by atoms with Gasteiger partial charge in [0.05, 0.1) is 44.8 Å². The third-order valence-corrected chi connectivity index (χ3v) is 15.2. The Kier molecular flexibility index (Phi) is 12.1. The summed E-state index contributed by atoms with van der Waals surface area (Å²) in [6.45, 7) is 0. The Hall–Kier alpha value is -11.2. The molecule has 0 radical (unpaired) electrons. The first kappa shape index (κ1) is 49.8. The summed E-state index contributed by atoms with van der Waals surface area (Å²) in [5.41, 5.74) is 8.40. The van der Waals surface area contributed by atoms with Crippen molar-refractivity contribution in [2.24, 2.45) is 0 Å². The van der Waals surface area contributed by atoms with Crippen LogP contribution in [0.4, 0.5) is 13.2 Å². The second kappa shape index (κ2) is 20.4. The lowest BCUT2D eigenvalue weighted by atomic mass is 10.0. The van der Waals surface area contributed by atoms with Crippen LogP contribution >= 0.6 is 0 Å². The average molecular weight is 1090 g/mol. The molecule has 0 aliphatic heterocycles. The Balaban J connectivity index is 0.977. The minimum Gasteiger partial charge on any atom is -0.309 e. The van der Waals surface area contributed by atoms with Gasteiger partial charge in [0, 0.05) is 66.1 Å². The van der Waals surface area contributed by atoms with Crippen LogP contribution in [0.5, 0.6) is 0 Å². The van der Waals surface area contributed by atoms with Crippen molar-refractivity contribution in [2.45, 2.75) is 6.18 Å². The molecule has 0 spiro atoms. The molecular weight excluding hydrogens is 1050 g/mol. The molecule has 0 unspecified atom stereocenters. The highest BCUT2D eigenvalue weighted by molar-refractivity contribution is 6.12. The Morgan fingerprint density at radius 3 is 0.917 bits per heavy atom. The number of pyridine rings is 1.